The Morgan fingerprint density at radius 1 is 1.36 bits per heavy atom. The molecule has 0 amide bonds. The van der Waals surface area contributed by atoms with Crippen LogP contribution >= 0.6 is 0 Å². The molecule has 0 unspecified atom stereocenters. The van der Waals surface area contributed by atoms with E-state index in [1.807, 2.05) is 0 Å². The Balaban J connectivity index is 0. The molecule has 0 saturated carbocycles. The van der Waals surface area contributed by atoms with Gasteiger partial charge in [0.1, 0.15) is 0 Å². The third kappa shape index (κ3) is 17.6. The van der Waals surface area contributed by atoms with Crippen LogP contribution in [0.15, 0.2) is 12.2 Å². The second-order valence-corrected chi connectivity index (χ2v) is 1.49. The van der Waals surface area contributed by atoms with Gasteiger partial charge < -0.3 is 5.11 Å². The third-order valence-corrected chi connectivity index (χ3v) is 0.501. The molecule has 5 heteroatoms. The molecule has 0 aliphatic carbocycles. The Bertz CT molecular complexity index is 106. The molecule has 5 nitrogen and oxygen atoms in total. The van der Waals surface area contributed by atoms with Crippen molar-refractivity contribution in [2.75, 3.05) is 14.2 Å². The van der Waals surface area contributed by atoms with Gasteiger partial charge in [0.25, 0.3) is 0 Å². The smallest absolute Gasteiger partial charge is 0.330 e. The number of carboxylic acid groups (broad SMARTS) is 1. The fourth-order valence-corrected chi connectivity index (χ4v) is 0.0680. The molecule has 0 fully saturated rings. The largest absolute Gasteiger partial charge is 0.478 e. The average Bonchev–Trinajstić information content (AvgIpc) is 1.90. The summed E-state index contributed by atoms with van der Waals surface area (Å²) in [5, 5.41) is 11.7. The molecule has 0 atom stereocenters. The lowest BCUT2D eigenvalue weighted by Crippen LogP contribution is -1.92. The Morgan fingerprint density at radius 2 is 1.64 bits per heavy atom. The van der Waals surface area contributed by atoms with Crippen LogP contribution < -0.4 is 0 Å². The summed E-state index contributed by atoms with van der Waals surface area (Å²) in [7, 11) is 2.73. The molecule has 0 aromatic carbocycles. The van der Waals surface area contributed by atoms with Crippen LogP contribution in [0, 0.1) is 0 Å². The molecule has 0 aromatic rings. The highest BCUT2D eigenvalue weighted by Gasteiger charge is 1.90. The molecular weight excluding hydrogens is 152 g/mol. The van der Waals surface area contributed by atoms with Gasteiger partial charge in [0, 0.05) is 5.57 Å². The van der Waals surface area contributed by atoms with Crippen molar-refractivity contribution in [3.8, 4) is 0 Å². The second-order valence-electron chi connectivity index (χ2n) is 1.49. The fourth-order valence-electron chi connectivity index (χ4n) is 0.0680. The summed E-state index contributed by atoms with van der Waals surface area (Å²) in [6.07, 6.45) is 0. The first-order valence-corrected chi connectivity index (χ1v) is 2.68. The van der Waals surface area contributed by atoms with Crippen molar-refractivity contribution in [1.82, 2.24) is 0 Å². The van der Waals surface area contributed by atoms with Gasteiger partial charge in [-0.2, -0.15) is 0 Å². The van der Waals surface area contributed by atoms with Gasteiger partial charge in [-0.3, -0.25) is 0 Å². The second kappa shape index (κ2) is 9.09. The minimum absolute atomic E-state index is 0.176. The zero-order valence-corrected chi connectivity index (χ0v) is 6.79. The summed E-state index contributed by atoms with van der Waals surface area (Å²) in [5.41, 5.74) is 0.176. The molecular formula is C6H12O5. The number of rotatable bonds is 3. The summed E-state index contributed by atoms with van der Waals surface area (Å²) >= 11 is 0. The molecule has 66 valence electrons. The molecule has 0 aromatic heterocycles. The number of aliphatic carboxylic acids is 1. The highest BCUT2D eigenvalue weighted by Crippen LogP contribution is 1.81. The van der Waals surface area contributed by atoms with Crippen molar-refractivity contribution >= 4 is 5.97 Å². The van der Waals surface area contributed by atoms with Crippen molar-refractivity contribution in [1.29, 1.82) is 0 Å². The summed E-state index contributed by atoms with van der Waals surface area (Å²) in [6.45, 7) is 4.60. The van der Waals surface area contributed by atoms with Crippen molar-refractivity contribution in [2.24, 2.45) is 0 Å². The SMILES string of the molecule is C=C(C)C(=O)O.COOOC. The van der Waals surface area contributed by atoms with Crippen LogP contribution in [-0.4, -0.2) is 25.3 Å². The monoisotopic (exact) mass is 164 g/mol. The predicted molar refractivity (Wildman–Crippen MR) is 37.6 cm³/mol. The van der Waals surface area contributed by atoms with E-state index in [9.17, 15) is 4.79 Å². The van der Waals surface area contributed by atoms with E-state index < -0.39 is 5.97 Å². The lowest BCUT2D eigenvalue weighted by atomic mass is 10.4. The Morgan fingerprint density at radius 3 is 1.64 bits per heavy atom. The van der Waals surface area contributed by atoms with Gasteiger partial charge in [-0.15, -0.1) is 0 Å². The minimum atomic E-state index is -0.935. The van der Waals surface area contributed by atoms with Crippen LogP contribution in [0.4, 0.5) is 0 Å². The molecule has 0 aliphatic rings. The van der Waals surface area contributed by atoms with Crippen LogP contribution in [0.5, 0.6) is 0 Å². The van der Waals surface area contributed by atoms with E-state index in [2.05, 4.69) is 21.4 Å². The molecule has 11 heavy (non-hydrogen) atoms. The quantitative estimate of drug-likeness (QED) is 0.379. The van der Waals surface area contributed by atoms with Crippen molar-refractivity contribution in [3.63, 3.8) is 0 Å². The zero-order valence-electron chi connectivity index (χ0n) is 6.79. The first-order chi connectivity index (χ1) is 5.06. The minimum Gasteiger partial charge on any atom is -0.478 e. The molecule has 0 radical (unpaired) electrons. The predicted octanol–water partition coefficient (Wildman–Crippen LogP) is 0.773. The van der Waals surface area contributed by atoms with Crippen molar-refractivity contribution < 1.29 is 24.7 Å². The van der Waals surface area contributed by atoms with Crippen LogP contribution in [0.1, 0.15) is 6.92 Å². The summed E-state index contributed by atoms with van der Waals surface area (Å²) in [4.78, 5) is 17.5. The number of carbonyl (C=O) groups is 1. The lowest BCUT2D eigenvalue weighted by Gasteiger charge is -1.85. The number of hydrogen-bond donors (Lipinski definition) is 1. The van der Waals surface area contributed by atoms with Gasteiger partial charge in [-0.1, -0.05) is 11.6 Å². The number of carboxylic acids is 1. The molecule has 0 aliphatic heterocycles. The normalized spacial score (nSPS) is 7.91. The average molecular weight is 164 g/mol. The highest BCUT2D eigenvalue weighted by atomic mass is 17.5. The standard InChI is InChI=1S/C4H6O2.C2H6O3/c1-3(2)4(5)6;1-3-5-4-2/h1H2,2H3,(H,5,6);1-2H3. The van der Waals surface area contributed by atoms with Gasteiger partial charge in [0.2, 0.25) is 0 Å². The fraction of sp³-hybridized carbons (Fsp3) is 0.500. The van der Waals surface area contributed by atoms with Gasteiger partial charge in [-0.25, -0.2) is 14.6 Å². The molecule has 0 bridgehead atoms. The van der Waals surface area contributed by atoms with E-state index in [1.54, 1.807) is 0 Å². The Labute approximate surface area is 65.0 Å². The molecule has 0 rings (SSSR count). The summed E-state index contributed by atoms with van der Waals surface area (Å²) in [6, 6.07) is 0. The van der Waals surface area contributed by atoms with Gasteiger partial charge in [0.15, 0.2) is 0 Å². The highest BCUT2D eigenvalue weighted by molar-refractivity contribution is 5.84. The molecule has 1 N–H and O–H groups in total. The van der Waals surface area contributed by atoms with E-state index in [4.69, 9.17) is 5.11 Å². The van der Waals surface area contributed by atoms with Crippen LogP contribution in [-0.2, 0) is 19.6 Å². The Hall–Kier alpha value is -0.910. The van der Waals surface area contributed by atoms with Crippen molar-refractivity contribution in [3.05, 3.63) is 12.2 Å². The van der Waals surface area contributed by atoms with Gasteiger partial charge >= 0.3 is 5.97 Å². The molecule has 0 saturated heterocycles. The van der Waals surface area contributed by atoms with Crippen LogP contribution in [0.3, 0.4) is 0 Å². The molecule has 0 spiro atoms. The lowest BCUT2D eigenvalue weighted by molar-refractivity contribution is -0.491. The first-order valence-electron chi connectivity index (χ1n) is 2.68. The van der Waals surface area contributed by atoms with Gasteiger partial charge in [0.05, 0.1) is 14.2 Å². The van der Waals surface area contributed by atoms with E-state index in [-0.39, 0.29) is 5.57 Å². The van der Waals surface area contributed by atoms with Crippen LogP contribution in [0.25, 0.3) is 0 Å². The zero-order chi connectivity index (χ0) is 9.28. The summed E-state index contributed by atoms with van der Waals surface area (Å²) < 4.78 is 0. The van der Waals surface area contributed by atoms with Crippen molar-refractivity contribution in [2.45, 2.75) is 6.92 Å². The van der Waals surface area contributed by atoms with Gasteiger partial charge in [-0.05, 0) is 6.92 Å². The van der Waals surface area contributed by atoms with E-state index in [0.29, 0.717) is 0 Å². The maximum absolute atomic E-state index is 9.60. The van der Waals surface area contributed by atoms with E-state index in [0.717, 1.165) is 0 Å². The number of hydrogen-bond acceptors (Lipinski definition) is 4. The maximum Gasteiger partial charge on any atom is 0.330 e. The topological polar surface area (TPSA) is 65.0 Å². The summed E-state index contributed by atoms with van der Waals surface area (Å²) in [5.74, 6) is -0.935. The maximum atomic E-state index is 9.60. The van der Waals surface area contributed by atoms with E-state index >= 15 is 0 Å². The molecule has 0 heterocycles. The van der Waals surface area contributed by atoms with Crippen LogP contribution in [0.2, 0.25) is 0 Å². The Kier molecular flexibility index (Phi) is 10.5. The first kappa shape index (κ1) is 12.7. The third-order valence-electron chi connectivity index (χ3n) is 0.501. The van der Waals surface area contributed by atoms with E-state index in [1.165, 1.54) is 21.1 Å².